The Morgan fingerprint density at radius 2 is 1.67 bits per heavy atom. The molecule has 1 N–H and O–H groups in total. The van der Waals surface area contributed by atoms with E-state index in [1.165, 1.54) is 7.11 Å². The van der Waals surface area contributed by atoms with Crippen molar-refractivity contribution < 1.29 is 14.3 Å². The number of nitriles is 1. The minimum atomic E-state index is -0.784. The molecule has 0 fully saturated rings. The minimum absolute atomic E-state index is 0.320. The maximum atomic E-state index is 13.2. The molecule has 136 valence electrons. The fourth-order valence-corrected chi connectivity index (χ4v) is 3.27. The SMILES string of the molecule is COC(=O)[C@H](CCCC#N)NC(=O)c1c2ccccc2cc2ccccc12. The van der Waals surface area contributed by atoms with Crippen LogP contribution in [0, 0.1) is 11.3 Å². The predicted octanol–water partition coefficient (Wildman–Crippen LogP) is 3.96. The number of benzene rings is 3. The summed E-state index contributed by atoms with van der Waals surface area (Å²) in [5.41, 5.74) is 0.540. The van der Waals surface area contributed by atoms with Gasteiger partial charge in [-0.2, -0.15) is 5.26 Å². The number of nitrogens with zero attached hydrogens (tertiary/aromatic N) is 1. The first-order valence-electron chi connectivity index (χ1n) is 8.82. The molecule has 3 aromatic carbocycles. The van der Waals surface area contributed by atoms with E-state index in [0.29, 0.717) is 24.8 Å². The molecule has 3 rings (SSSR count). The Morgan fingerprint density at radius 1 is 1.07 bits per heavy atom. The summed E-state index contributed by atoms with van der Waals surface area (Å²) in [4.78, 5) is 25.2. The van der Waals surface area contributed by atoms with Gasteiger partial charge >= 0.3 is 5.97 Å². The number of carbonyl (C=O) groups is 2. The fraction of sp³-hybridized carbons (Fsp3) is 0.227. The Hall–Kier alpha value is -3.39. The molecule has 27 heavy (non-hydrogen) atoms. The first kappa shape index (κ1) is 18.4. The number of hydrogen-bond donors (Lipinski definition) is 1. The summed E-state index contributed by atoms with van der Waals surface area (Å²) >= 11 is 0. The molecule has 1 atom stereocenters. The maximum absolute atomic E-state index is 13.2. The summed E-state index contributed by atoms with van der Waals surface area (Å²) in [5.74, 6) is -0.832. The van der Waals surface area contributed by atoms with Crippen LogP contribution in [0.5, 0.6) is 0 Å². The van der Waals surface area contributed by atoms with Crippen molar-refractivity contribution in [3.8, 4) is 6.07 Å². The number of fused-ring (bicyclic) bond motifs is 2. The molecule has 1 amide bonds. The van der Waals surface area contributed by atoms with E-state index in [2.05, 4.69) is 5.32 Å². The van der Waals surface area contributed by atoms with Gasteiger partial charge in [-0.25, -0.2) is 4.79 Å². The van der Waals surface area contributed by atoms with Gasteiger partial charge in [-0.15, -0.1) is 0 Å². The molecule has 5 heteroatoms. The van der Waals surface area contributed by atoms with Crippen LogP contribution in [0.4, 0.5) is 0 Å². The highest BCUT2D eigenvalue weighted by Crippen LogP contribution is 2.28. The molecular formula is C22H20N2O3. The summed E-state index contributed by atoms with van der Waals surface area (Å²) in [7, 11) is 1.29. The third kappa shape index (κ3) is 3.90. The Bertz CT molecular complexity index is 983. The number of methoxy groups -OCH3 is 1. The second-order valence-electron chi connectivity index (χ2n) is 6.29. The molecule has 0 radical (unpaired) electrons. The number of amides is 1. The minimum Gasteiger partial charge on any atom is -0.467 e. The van der Waals surface area contributed by atoms with Gasteiger partial charge in [-0.3, -0.25) is 4.79 Å². The lowest BCUT2D eigenvalue weighted by molar-refractivity contribution is -0.143. The van der Waals surface area contributed by atoms with Crippen LogP contribution < -0.4 is 5.32 Å². The molecule has 0 unspecified atom stereocenters. The molecular weight excluding hydrogens is 340 g/mol. The third-order valence-electron chi connectivity index (χ3n) is 4.57. The lowest BCUT2D eigenvalue weighted by Crippen LogP contribution is -2.41. The highest BCUT2D eigenvalue weighted by molar-refractivity contribution is 6.18. The van der Waals surface area contributed by atoms with Gasteiger partial charge in [0.05, 0.1) is 18.7 Å². The quantitative estimate of drug-likeness (QED) is 0.410. The van der Waals surface area contributed by atoms with Crippen molar-refractivity contribution in [2.75, 3.05) is 7.11 Å². The van der Waals surface area contributed by atoms with Gasteiger partial charge in [0.1, 0.15) is 6.04 Å². The van der Waals surface area contributed by atoms with E-state index in [0.717, 1.165) is 21.5 Å². The van der Waals surface area contributed by atoms with Crippen molar-refractivity contribution in [2.45, 2.75) is 25.3 Å². The molecule has 5 nitrogen and oxygen atoms in total. The highest BCUT2D eigenvalue weighted by Gasteiger charge is 2.23. The lowest BCUT2D eigenvalue weighted by atomic mass is 9.96. The van der Waals surface area contributed by atoms with Crippen molar-refractivity contribution in [2.24, 2.45) is 0 Å². The Morgan fingerprint density at radius 3 is 2.22 bits per heavy atom. The summed E-state index contributed by atoms with van der Waals surface area (Å²) < 4.78 is 4.82. The van der Waals surface area contributed by atoms with E-state index in [1.807, 2.05) is 60.7 Å². The monoisotopic (exact) mass is 360 g/mol. The van der Waals surface area contributed by atoms with Gasteiger partial charge < -0.3 is 10.1 Å². The molecule has 0 aliphatic carbocycles. The molecule has 0 aliphatic heterocycles. The van der Waals surface area contributed by atoms with Crippen LogP contribution in [0.15, 0.2) is 54.6 Å². The van der Waals surface area contributed by atoms with Gasteiger partial charge in [0, 0.05) is 6.42 Å². The van der Waals surface area contributed by atoms with Crippen LogP contribution in [0.25, 0.3) is 21.5 Å². The first-order chi connectivity index (χ1) is 13.2. The van der Waals surface area contributed by atoms with Crippen LogP contribution in [0.2, 0.25) is 0 Å². The predicted molar refractivity (Wildman–Crippen MR) is 104 cm³/mol. The molecule has 0 heterocycles. The van der Waals surface area contributed by atoms with Crippen LogP contribution in [-0.2, 0) is 9.53 Å². The van der Waals surface area contributed by atoms with Gasteiger partial charge in [-0.1, -0.05) is 48.5 Å². The molecule has 3 aromatic rings. The van der Waals surface area contributed by atoms with Crippen LogP contribution >= 0.6 is 0 Å². The number of carbonyl (C=O) groups excluding carboxylic acids is 2. The number of unbranched alkanes of at least 4 members (excludes halogenated alkanes) is 1. The van der Waals surface area contributed by atoms with Gasteiger partial charge in [0.25, 0.3) is 5.91 Å². The second-order valence-corrected chi connectivity index (χ2v) is 6.29. The van der Waals surface area contributed by atoms with E-state index >= 15 is 0 Å². The molecule has 0 saturated carbocycles. The van der Waals surface area contributed by atoms with Crippen LogP contribution in [0.1, 0.15) is 29.6 Å². The van der Waals surface area contributed by atoms with Crippen molar-refractivity contribution in [1.82, 2.24) is 5.32 Å². The zero-order valence-corrected chi connectivity index (χ0v) is 15.1. The zero-order valence-electron chi connectivity index (χ0n) is 15.1. The number of nitrogens with one attached hydrogen (secondary N) is 1. The molecule has 0 aromatic heterocycles. The fourth-order valence-electron chi connectivity index (χ4n) is 3.27. The molecule has 0 saturated heterocycles. The third-order valence-corrected chi connectivity index (χ3v) is 4.57. The normalized spacial score (nSPS) is 11.7. The number of esters is 1. The Labute approximate surface area is 157 Å². The van der Waals surface area contributed by atoms with Crippen molar-refractivity contribution >= 4 is 33.4 Å². The van der Waals surface area contributed by atoms with Crippen LogP contribution in [0.3, 0.4) is 0 Å². The Balaban J connectivity index is 2.02. The smallest absolute Gasteiger partial charge is 0.328 e. The molecule has 0 bridgehead atoms. The first-order valence-corrected chi connectivity index (χ1v) is 8.82. The topological polar surface area (TPSA) is 79.2 Å². The summed E-state index contributed by atoms with van der Waals surface area (Å²) in [5, 5.41) is 15.1. The standard InChI is InChI=1S/C22H20N2O3/c1-27-22(26)19(12-6-7-13-23)24-21(25)20-17-10-4-2-8-15(17)14-16-9-3-5-11-18(16)20/h2-5,8-11,14,19H,6-7,12H2,1H3,(H,24,25)/t19-/m0/s1. The largest absolute Gasteiger partial charge is 0.467 e. The zero-order chi connectivity index (χ0) is 19.2. The van der Waals surface area contributed by atoms with E-state index in [9.17, 15) is 9.59 Å². The summed E-state index contributed by atoms with van der Waals surface area (Å²) in [6.45, 7) is 0. The van der Waals surface area contributed by atoms with E-state index in [-0.39, 0.29) is 5.91 Å². The number of hydrogen-bond acceptors (Lipinski definition) is 4. The van der Waals surface area contributed by atoms with E-state index in [1.54, 1.807) is 0 Å². The summed E-state index contributed by atoms with van der Waals surface area (Å²) in [6.07, 6.45) is 1.18. The summed E-state index contributed by atoms with van der Waals surface area (Å²) in [6, 6.07) is 18.7. The van der Waals surface area contributed by atoms with Crippen molar-refractivity contribution in [3.05, 3.63) is 60.2 Å². The average Bonchev–Trinajstić information content (AvgIpc) is 2.70. The van der Waals surface area contributed by atoms with Gasteiger partial charge in [0.15, 0.2) is 0 Å². The van der Waals surface area contributed by atoms with Crippen molar-refractivity contribution in [3.63, 3.8) is 0 Å². The van der Waals surface area contributed by atoms with E-state index < -0.39 is 12.0 Å². The average molecular weight is 360 g/mol. The van der Waals surface area contributed by atoms with Crippen molar-refractivity contribution in [1.29, 1.82) is 5.26 Å². The molecule has 0 spiro atoms. The van der Waals surface area contributed by atoms with Gasteiger partial charge in [0.2, 0.25) is 0 Å². The highest BCUT2D eigenvalue weighted by atomic mass is 16.5. The van der Waals surface area contributed by atoms with E-state index in [4.69, 9.17) is 10.00 Å². The molecule has 0 aliphatic rings. The van der Waals surface area contributed by atoms with Crippen LogP contribution in [-0.4, -0.2) is 25.0 Å². The maximum Gasteiger partial charge on any atom is 0.328 e. The lowest BCUT2D eigenvalue weighted by Gasteiger charge is -2.18. The van der Waals surface area contributed by atoms with Gasteiger partial charge in [-0.05, 0) is 40.5 Å². The second kappa shape index (κ2) is 8.33. The Kier molecular flexibility index (Phi) is 5.68. The number of rotatable bonds is 6. The number of ether oxygens (including phenoxy) is 1.